The van der Waals surface area contributed by atoms with E-state index in [1.54, 1.807) is 0 Å². The van der Waals surface area contributed by atoms with E-state index in [9.17, 15) is 13.6 Å². The van der Waals surface area contributed by atoms with E-state index in [0.29, 0.717) is 6.54 Å². The molecule has 0 saturated heterocycles. The van der Waals surface area contributed by atoms with Gasteiger partial charge in [-0.3, -0.25) is 4.79 Å². The average Bonchev–Trinajstić information content (AvgIpc) is 2.52. The van der Waals surface area contributed by atoms with Crippen LogP contribution in [0, 0.1) is 0 Å². The molecule has 0 radical (unpaired) electrons. The maximum atomic E-state index is 12.3. The maximum absolute atomic E-state index is 12.3. The van der Waals surface area contributed by atoms with Gasteiger partial charge in [0.1, 0.15) is 0 Å². The highest BCUT2D eigenvalue weighted by molar-refractivity contribution is 5.94. The fourth-order valence-electron chi connectivity index (χ4n) is 1.86. The van der Waals surface area contributed by atoms with Crippen LogP contribution >= 0.6 is 12.4 Å². The van der Waals surface area contributed by atoms with Gasteiger partial charge in [0.25, 0.3) is 5.91 Å². The van der Waals surface area contributed by atoms with Crippen molar-refractivity contribution in [2.24, 2.45) is 5.73 Å². The third-order valence-electron chi connectivity index (χ3n) is 3.65. The molecule has 0 heterocycles. The molecule has 0 aromatic heterocycles. The van der Waals surface area contributed by atoms with Crippen LogP contribution < -0.4 is 20.5 Å². The highest BCUT2D eigenvalue weighted by Gasteiger charge is 2.21. The minimum Gasteiger partial charge on any atom is -0.493 e. The van der Waals surface area contributed by atoms with E-state index in [1.165, 1.54) is 25.3 Å². The molecule has 0 aliphatic carbocycles. The van der Waals surface area contributed by atoms with Crippen molar-refractivity contribution in [3.05, 3.63) is 23.8 Å². The lowest BCUT2D eigenvalue weighted by molar-refractivity contribution is -0.0512. The van der Waals surface area contributed by atoms with Crippen molar-refractivity contribution in [2.45, 2.75) is 38.8 Å². The van der Waals surface area contributed by atoms with E-state index in [4.69, 9.17) is 10.5 Å². The number of hydrogen-bond acceptors (Lipinski definition) is 4. The summed E-state index contributed by atoms with van der Waals surface area (Å²) in [5.74, 6) is -0.402. The number of halogens is 3. The first-order chi connectivity index (χ1) is 10.3. The summed E-state index contributed by atoms with van der Waals surface area (Å²) in [4.78, 5) is 12.1. The Morgan fingerprint density at radius 2 is 1.91 bits per heavy atom. The highest BCUT2D eigenvalue weighted by Crippen LogP contribution is 2.29. The average molecular weight is 353 g/mol. The minimum absolute atomic E-state index is 0. The molecule has 3 N–H and O–H groups in total. The van der Waals surface area contributed by atoms with Gasteiger partial charge >= 0.3 is 6.61 Å². The lowest BCUT2D eigenvalue weighted by Gasteiger charge is -2.26. The third kappa shape index (κ3) is 6.19. The number of amides is 1. The molecule has 1 aromatic rings. The number of hydrogen-bond donors (Lipinski definition) is 2. The second-order valence-electron chi connectivity index (χ2n) is 5.00. The van der Waals surface area contributed by atoms with E-state index in [-0.39, 0.29) is 35.4 Å². The van der Waals surface area contributed by atoms with Gasteiger partial charge in [-0.05, 0) is 31.0 Å². The Balaban J connectivity index is 0.00000484. The Morgan fingerprint density at radius 1 is 1.30 bits per heavy atom. The molecule has 0 aliphatic rings. The van der Waals surface area contributed by atoms with Gasteiger partial charge < -0.3 is 20.5 Å². The standard InChI is InChI=1S/C15H22F2N2O3.ClH/c1-4-15(18,5-2)9-19-13(20)10-6-7-11(22-14(16)17)12(8-10)21-3;/h6-8,14H,4-5,9,18H2,1-3H3,(H,19,20);1H. The Bertz CT molecular complexity index is 511. The van der Waals surface area contributed by atoms with Gasteiger partial charge in [-0.2, -0.15) is 8.78 Å². The van der Waals surface area contributed by atoms with Crippen molar-refractivity contribution in [1.29, 1.82) is 0 Å². The summed E-state index contributed by atoms with van der Waals surface area (Å²) in [7, 11) is 1.31. The van der Waals surface area contributed by atoms with Crippen molar-refractivity contribution >= 4 is 18.3 Å². The molecule has 0 saturated carbocycles. The summed E-state index contributed by atoms with van der Waals surface area (Å²) in [6, 6.07) is 4.02. The lowest BCUT2D eigenvalue weighted by atomic mass is 9.94. The fourth-order valence-corrected chi connectivity index (χ4v) is 1.86. The molecule has 0 atom stereocenters. The topological polar surface area (TPSA) is 73.6 Å². The Labute approximate surface area is 140 Å². The van der Waals surface area contributed by atoms with Gasteiger partial charge in [-0.15, -0.1) is 12.4 Å². The molecule has 5 nitrogen and oxygen atoms in total. The van der Waals surface area contributed by atoms with Gasteiger partial charge in [0.05, 0.1) is 7.11 Å². The van der Waals surface area contributed by atoms with Crippen molar-refractivity contribution in [3.63, 3.8) is 0 Å². The largest absolute Gasteiger partial charge is 0.493 e. The van der Waals surface area contributed by atoms with Crippen LogP contribution in [0.2, 0.25) is 0 Å². The molecular formula is C15H23ClF2N2O3. The fraction of sp³-hybridized carbons (Fsp3) is 0.533. The summed E-state index contributed by atoms with van der Waals surface area (Å²) >= 11 is 0. The molecule has 0 unspecified atom stereocenters. The summed E-state index contributed by atoms with van der Waals surface area (Å²) in [6.07, 6.45) is 1.46. The number of alkyl halides is 2. The maximum Gasteiger partial charge on any atom is 0.387 e. The van der Waals surface area contributed by atoms with Gasteiger partial charge in [-0.1, -0.05) is 13.8 Å². The minimum atomic E-state index is -2.96. The van der Waals surface area contributed by atoms with Crippen LogP contribution in [0.1, 0.15) is 37.0 Å². The molecule has 1 amide bonds. The van der Waals surface area contributed by atoms with Crippen LogP contribution in [-0.4, -0.2) is 31.7 Å². The smallest absolute Gasteiger partial charge is 0.387 e. The molecule has 1 rings (SSSR count). The molecule has 8 heteroatoms. The SMILES string of the molecule is CCC(N)(CC)CNC(=O)c1ccc(OC(F)F)c(OC)c1.Cl. The summed E-state index contributed by atoms with van der Waals surface area (Å²) in [6.45, 7) is 1.28. The van der Waals surface area contributed by atoms with E-state index in [1.807, 2.05) is 13.8 Å². The van der Waals surface area contributed by atoms with Crippen LogP contribution in [0.5, 0.6) is 11.5 Å². The Kier molecular flexibility index (Phi) is 8.86. The predicted octanol–water partition coefficient (Wildman–Crippen LogP) is 2.97. The van der Waals surface area contributed by atoms with Crippen LogP contribution in [0.4, 0.5) is 8.78 Å². The van der Waals surface area contributed by atoms with Crippen LogP contribution in [0.15, 0.2) is 18.2 Å². The number of carbonyl (C=O) groups excluding carboxylic acids is 1. The van der Waals surface area contributed by atoms with E-state index < -0.39 is 12.2 Å². The quantitative estimate of drug-likeness (QED) is 0.754. The molecule has 0 fully saturated rings. The van der Waals surface area contributed by atoms with Crippen molar-refractivity contribution in [3.8, 4) is 11.5 Å². The van der Waals surface area contributed by atoms with Gasteiger partial charge in [0.15, 0.2) is 11.5 Å². The first kappa shape index (κ1) is 21.4. The zero-order valence-corrected chi connectivity index (χ0v) is 14.2. The summed E-state index contributed by atoms with van der Waals surface area (Å²) in [5, 5.41) is 2.74. The normalized spacial score (nSPS) is 10.9. The van der Waals surface area contributed by atoms with Gasteiger partial charge in [-0.25, -0.2) is 0 Å². The zero-order valence-electron chi connectivity index (χ0n) is 13.4. The third-order valence-corrected chi connectivity index (χ3v) is 3.65. The monoisotopic (exact) mass is 352 g/mol. The summed E-state index contributed by atoms with van der Waals surface area (Å²) in [5.41, 5.74) is 5.94. The number of benzene rings is 1. The Hall–Kier alpha value is -1.60. The number of methoxy groups -OCH3 is 1. The second-order valence-corrected chi connectivity index (χ2v) is 5.00. The zero-order chi connectivity index (χ0) is 16.8. The van der Waals surface area contributed by atoms with Crippen LogP contribution in [0.25, 0.3) is 0 Å². The molecule has 0 spiro atoms. The number of carbonyl (C=O) groups is 1. The van der Waals surface area contributed by atoms with Gasteiger partial charge in [0, 0.05) is 17.6 Å². The van der Waals surface area contributed by atoms with E-state index >= 15 is 0 Å². The Morgan fingerprint density at radius 3 is 2.39 bits per heavy atom. The van der Waals surface area contributed by atoms with Crippen LogP contribution in [0.3, 0.4) is 0 Å². The van der Waals surface area contributed by atoms with Crippen molar-refractivity contribution in [1.82, 2.24) is 5.32 Å². The van der Waals surface area contributed by atoms with E-state index in [0.717, 1.165) is 12.8 Å². The number of nitrogens with two attached hydrogens (primary N) is 1. The predicted molar refractivity (Wildman–Crippen MR) is 86.7 cm³/mol. The van der Waals surface area contributed by atoms with E-state index in [2.05, 4.69) is 10.1 Å². The number of nitrogens with one attached hydrogen (secondary N) is 1. The highest BCUT2D eigenvalue weighted by atomic mass is 35.5. The molecule has 1 aromatic carbocycles. The molecule has 0 aliphatic heterocycles. The first-order valence-electron chi connectivity index (χ1n) is 7.05. The molecule has 23 heavy (non-hydrogen) atoms. The summed E-state index contributed by atoms with van der Waals surface area (Å²) < 4.78 is 33.8. The second kappa shape index (κ2) is 9.52. The molecule has 0 bridgehead atoms. The number of rotatable bonds is 8. The number of ether oxygens (including phenoxy) is 2. The van der Waals surface area contributed by atoms with Crippen molar-refractivity contribution < 1.29 is 23.0 Å². The van der Waals surface area contributed by atoms with Crippen molar-refractivity contribution in [2.75, 3.05) is 13.7 Å². The van der Waals surface area contributed by atoms with Gasteiger partial charge in [0.2, 0.25) is 0 Å². The molecular weight excluding hydrogens is 330 g/mol. The lowest BCUT2D eigenvalue weighted by Crippen LogP contribution is -2.49. The molecule has 132 valence electrons. The van der Waals surface area contributed by atoms with Crippen LogP contribution in [-0.2, 0) is 0 Å². The first-order valence-corrected chi connectivity index (χ1v) is 7.05.